The number of carbonyl (C=O) groups excluding carboxylic acids is 1. The molecule has 0 spiro atoms. The largest absolute Gasteiger partial charge is 0.342 e. The van der Waals surface area contributed by atoms with Crippen LogP contribution in [0.1, 0.15) is 36.4 Å². The molecule has 1 atom stereocenters. The van der Waals surface area contributed by atoms with Crippen molar-refractivity contribution in [2.45, 2.75) is 32.6 Å². The van der Waals surface area contributed by atoms with Crippen molar-refractivity contribution in [2.75, 3.05) is 18.4 Å². The van der Waals surface area contributed by atoms with E-state index in [2.05, 4.69) is 20.5 Å². The van der Waals surface area contributed by atoms with Gasteiger partial charge in [-0.3, -0.25) is 4.79 Å². The molecule has 116 valence electrons. The van der Waals surface area contributed by atoms with Crippen molar-refractivity contribution in [1.82, 2.24) is 20.1 Å². The molecule has 3 rings (SSSR count). The summed E-state index contributed by atoms with van der Waals surface area (Å²) in [5.41, 5.74) is 1.03. The quantitative estimate of drug-likeness (QED) is 0.942. The van der Waals surface area contributed by atoms with Crippen LogP contribution in [0.15, 0.2) is 18.2 Å². The lowest BCUT2D eigenvalue weighted by atomic mass is 9.94. The minimum Gasteiger partial charge on any atom is -0.342 e. The van der Waals surface area contributed by atoms with Crippen LogP contribution in [0.2, 0.25) is 0 Å². The van der Waals surface area contributed by atoms with Gasteiger partial charge in [0.15, 0.2) is 0 Å². The van der Waals surface area contributed by atoms with Gasteiger partial charge in [-0.2, -0.15) is 0 Å². The van der Waals surface area contributed by atoms with Crippen LogP contribution in [0.5, 0.6) is 0 Å². The Morgan fingerprint density at radius 3 is 3.00 bits per heavy atom. The fraction of sp³-hybridized carbons (Fsp3) is 0.467. The number of rotatable bonds is 3. The number of anilines is 2. The van der Waals surface area contributed by atoms with Crippen LogP contribution in [0.4, 0.5) is 10.9 Å². The SMILES string of the molecule is CC(=O)N1CCC[C@@H](c2cccc(Nc3nnc(C)s3)n2)C1. The Bertz CT molecular complexity index is 671. The number of nitrogens with zero attached hydrogens (tertiary/aromatic N) is 4. The summed E-state index contributed by atoms with van der Waals surface area (Å²) in [7, 11) is 0. The maximum Gasteiger partial charge on any atom is 0.219 e. The zero-order valence-corrected chi connectivity index (χ0v) is 13.6. The third kappa shape index (κ3) is 3.41. The van der Waals surface area contributed by atoms with Crippen LogP contribution in [0.25, 0.3) is 0 Å². The molecule has 1 fully saturated rings. The average Bonchev–Trinajstić information content (AvgIpc) is 2.93. The Morgan fingerprint density at radius 2 is 2.27 bits per heavy atom. The van der Waals surface area contributed by atoms with Crippen LogP contribution in [-0.4, -0.2) is 39.1 Å². The van der Waals surface area contributed by atoms with E-state index < -0.39 is 0 Å². The number of hydrogen-bond acceptors (Lipinski definition) is 6. The molecule has 0 radical (unpaired) electrons. The second-order valence-electron chi connectivity index (χ2n) is 5.50. The zero-order valence-electron chi connectivity index (χ0n) is 12.7. The van der Waals surface area contributed by atoms with E-state index in [1.165, 1.54) is 11.3 Å². The molecule has 0 aromatic carbocycles. The highest BCUT2D eigenvalue weighted by atomic mass is 32.1. The number of likely N-dealkylation sites (tertiary alicyclic amines) is 1. The lowest BCUT2D eigenvalue weighted by molar-refractivity contribution is -0.130. The Balaban J connectivity index is 1.74. The number of pyridine rings is 1. The van der Waals surface area contributed by atoms with E-state index in [4.69, 9.17) is 0 Å². The third-order valence-corrected chi connectivity index (χ3v) is 4.57. The maximum atomic E-state index is 11.6. The Morgan fingerprint density at radius 1 is 1.41 bits per heavy atom. The summed E-state index contributed by atoms with van der Waals surface area (Å²) in [6.45, 7) is 5.16. The van der Waals surface area contributed by atoms with Gasteiger partial charge in [0, 0.05) is 31.6 Å². The van der Waals surface area contributed by atoms with Crippen LogP contribution >= 0.6 is 11.3 Å². The van der Waals surface area contributed by atoms with Crippen molar-refractivity contribution in [1.29, 1.82) is 0 Å². The average molecular weight is 317 g/mol. The highest BCUT2D eigenvalue weighted by molar-refractivity contribution is 7.15. The van der Waals surface area contributed by atoms with Crippen molar-refractivity contribution in [3.05, 3.63) is 28.9 Å². The molecule has 0 unspecified atom stereocenters. The minimum absolute atomic E-state index is 0.142. The van der Waals surface area contributed by atoms with Gasteiger partial charge in [0.1, 0.15) is 10.8 Å². The summed E-state index contributed by atoms with van der Waals surface area (Å²) in [6, 6.07) is 5.95. The first-order chi connectivity index (χ1) is 10.6. The number of aryl methyl sites for hydroxylation is 1. The minimum atomic E-state index is 0.142. The van der Waals surface area contributed by atoms with E-state index in [1.54, 1.807) is 6.92 Å². The first kappa shape index (κ1) is 14.9. The van der Waals surface area contributed by atoms with Crippen LogP contribution in [0, 0.1) is 6.92 Å². The third-order valence-electron chi connectivity index (χ3n) is 3.82. The first-order valence-corrected chi connectivity index (χ1v) is 8.23. The van der Waals surface area contributed by atoms with Crippen molar-refractivity contribution in [3.8, 4) is 0 Å². The van der Waals surface area contributed by atoms with E-state index in [0.717, 1.165) is 47.6 Å². The Hall–Kier alpha value is -2.02. The van der Waals surface area contributed by atoms with E-state index in [9.17, 15) is 4.79 Å². The van der Waals surface area contributed by atoms with Gasteiger partial charge in [0.05, 0.1) is 0 Å². The predicted molar refractivity (Wildman–Crippen MR) is 86.4 cm³/mol. The van der Waals surface area contributed by atoms with E-state index in [-0.39, 0.29) is 5.91 Å². The molecule has 0 bridgehead atoms. The summed E-state index contributed by atoms with van der Waals surface area (Å²) >= 11 is 1.50. The number of aromatic nitrogens is 3. The number of hydrogen-bond donors (Lipinski definition) is 1. The van der Waals surface area contributed by atoms with Crippen LogP contribution < -0.4 is 5.32 Å². The molecule has 7 heteroatoms. The van der Waals surface area contributed by atoms with Crippen LogP contribution in [0.3, 0.4) is 0 Å². The lowest BCUT2D eigenvalue weighted by Gasteiger charge is -2.31. The molecule has 1 aliphatic heterocycles. The van der Waals surface area contributed by atoms with Gasteiger partial charge in [-0.05, 0) is 31.9 Å². The Labute approximate surface area is 133 Å². The highest BCUT2D eigenvalue weighted by Crippen LogP contribution is 2.27. The second-order valence-corrected chi connectivity index (χ2v) is 6.68. The first-order valence-electron chi connectivity index (χ1n) is 7.41. The van der Waals surface area contributed by atoms with Gasteiger partial charge in [0.25, 0.3) is 0 Å². The second kappa shape index (κ2) is 6.39. The molecule has 3 heterocycles. The van der Waals surface area contributed by atoms with Gasteiger partial charge < -0.3 is 10.2 Å². The van der Waals surface area contributed by atoms with Gasteiger partial charge >= 0.3 is 0 Å². The van der Waals surface area contributed by atoms with Crippen molar-refractivity contribution < 1.29 is 4.79 Å². The molecule has 6 nitrogen and oxygen atoms in total. The fourth-order valence-electron chi connectivity index (χ4n) is 2.71. The lowest BCUT2D eigenvalue weighted by Crippen LogP contribution is -2.37. The topological polar surface area (TPSA) is 71.0 Å². The van der Waals surface area contributed by atoms with E-state index in [1.807, 2.05) is 30.0 Å². The smallest absolute Gasteiger partial charge is 0.219 e. The summed E-state index contributed by atoms with van der Waals surface area (Å²) in [6.07, 6.45) is 2.09. The molecule has 1 saturated heterocycles. The molecule has 2 aromatic rings. The van der Waals surface area contributed by atoms with Crippen molar-refractivity contribution in [3.63, 3.8) is 0 Å². The maximum absolute atomic E-state index is 11.6. The van der Waals surface area contributed by atoms with Gasteiger partial charge in [-0.1, -0.05) is 17.4 Å². The summed E-state index contributed by atoms with van der Waals surface area (Å²) in [4.78, 5) is 18.2. The molecular weight excluding hydrogens is 298 g/mol. The molecule has 22 heavy (non-hydrogen) atoms. The molecular formula is C15H19N5OS. The molecule has 1 N–H and O–H groups in total. The summed E-state index contributed by atoms with van der Waals surface area (Å²) < 4.78 is 0. The number of piperidine rings is 1. The molecule has 0 saturated carbocycles. The number of nitrogens with one attached hydrogen (secondary N) is 1. The van der Waals surface area contributed by atoms with Crippen LogP contribution in [-0.2, 0) is 4.79 Å². The number of amides is 1. The standard InChI is InChI=1S/C15H19N5OS/c1-10-18-19-15(22-10)17-14-7-3-6-13(16-14)12-5-4-8-20(9-12)11(2)21/h3,6-7,12H,4-5,8-9H2,1-2H3,(H,16,17,19)/t12-/m1/s1. The number of carbonyl (C=O) groups is 1. The normalized spacial score (nSPS) is 18.3. The highest BCUT2D eigenvalue weighted by Gasteiger charge is 2.23. The molecule has 1 amide bonds. The Kier molecular flexibility index (Phi) is 4.33. The molecule has 1 aliphatic rings. The summed E-state index contributed by atoms with van der Waals surface area (Å²) in [5.74, 6) is 1.22. The van der Waals surface area contributed by atoms with Crippen molar-refractivity contribution >= 4 is 28.2 Å². The fourth-order valence-corrected chi connectivity index (χ4v) is 3.31. The van der Waals surface area contributed by atoms with Gasteiger partial charge in [-0.15, -0.1) is 10.2 Å². The van der Waals surface area contributed by atoms with Gasteiger partial charge in [0.2, 0.25) is 11.0 Å². The van der Waals surface area contributed by atoms with Gasteiger partial charge in [-0.25, -0.2) is 4.98 Å². The monoisotopic (exact) mass is 317 g/mol. The molecule has 0 aliphatic carbocycles. The zero-order chi connectivity index (χ0) is 15.5. The van der Waals surface area contributed by atoms with E-state index in [0.29, 0.717) is 5.92 Å². The summed E-state index contributed by atoms with van der Waals surface area (Å²) in [5, 5.41) is 12.9. The predicted octanol–water partition coefficient (Wildman–Crippen LogP) is 2.71. The van der Waals surface area contributed by atoms with E-state index >= 15 is 0 Å². The van der Waals surface area contributed by atoms with Crippen molar-refractivity contribution in [2.24, 2.45) is 0 Å². The molecule has 2 aromatic heterocycles.